The zero-order valence-electron chi connectivity index (χ0n) is 9.16. The van der Waals surface area contributed by atoms with E-state index < -0.39 is 0 Å². The predicted octanol–water partition coefficient (Wildman–Crippen LogP) is 1.35. The Morgan fingerprint density at radius 2 is 2.27 bits per heavy atom. The summed E-state index contributed by atoms with van der Waals surface area (Å²) in [5, 5.41) is 11.6. The summed E-state index contributed by atoms with van der Waals surface area (Å²) in [7, 11) is 0. The topological polar surface area (TPSA) is 49.3 Å². The molecule has 0 bridgehead atoms. The van der Waals surface area contributed by atoms with E-state index in [4.69, 9.17) is 5.11 Å². The Bertz CT molecular complexity index is 336. The molecular weight excluding hydrogens is 190 g/mol. The van der Waals surface area contributed by atoms with Gasteiger partial charge in [0.25, 0.3) is 5.91 Å². The second-order valence-electron chi connectivity index (χ2n) is 3.87. The van der Waals surface area contributed by atoms with Crippen molar-refractivity contribution in [3.8, 4) is 0 Å². The lowest BCUT2D eigenvalue weighted by Crippen LogP contribution is -2.29. The number of aliphatic hydroxyl groups excluding tert-OH is 1. The van der Waals surface area contributed by atoms with Crippen LogP contribution >= 0.6 is 0 Å². The standard InChI is InChI=1S/C12H17NO2/c1-9-4-3-5-11(6-9)12(15)13-7-10(2)8-14/h3-6,10,14H,7-8H2,1-2H3,(H,13,15). The van der Waals surface area contributed by atoms with Crippen LogP contribution in [-0.2, 0) is 0 Å². The van der Waals surface area contributed by atoms with E-state index in [1.165, 1.54) is 0 Å². The highest BCUT2D eigenvalue weighted by molar-refractivity contribution is 5.94. The molecule has 0 aliphatic carbocycles. The lowest BCUT2D eigenvalue weighted by atomic mass is 10.1. The first kappa shape index (κ1) is 11.7. The average Bonchev–Trinajstić information content (AvgIpc) is 2.25. The summed E-state index contributed by atoms with van der Waals surface area (Å²) >= 11 is 0. The van der Waals surface area contributed by atoms with Gasteiger partial charge in [-0.3, -0.25) is 4.79 Å². The van der Waals surface area contributed by atoms with Gasteiger partial charge in [0.2, 0.25) is 0 Å². The maximum atomic E-state index is 11.6. The summed E-state index contributed by atoms with van der Waals surface area (Å²) in [4.78, 5) is 11.6. The summed E-state index contributed by atoms with van der Waals surface area (Å²) in [5.41, 5.74) is 1.73. The van der Waals surface area contributed by atoms with Crippen molar-refractivity contribution in [2.45, 2.75) is 13.8 Å². The number of carbonyl (C=O) groups excluding carboxylic acids is 1. The number of carbonyl (C=O) groups is 1. The molecule has 0 heterocycles. The van der Waals surface area contributed by atoms with Crippen LogP contribution < -0.4 is 5.32 Å². The first-order valence-electron chi connectivity index (χ1n) is 5.09. The van der Waals surface area contributed by atoms with E-state index in [0.29, 0.717) is 12.1 Å². The highest BCUT2D eigenvalue weighted by Crippen LogP contribution is 2.03. The minimum absolute atomic E-state index is 0.0843. The summed E-state index contributed by atoms with van der Waals surface area (Å²) in [6.07, 6.45) is 0. The largest absolute Gasteiger partial charge is 0.396 e. The molecule has 0 spiro atoms. The van der Waals surface area contributed by atoms with Gasteiger partial charge in [0, 0.05) is 18.7 Å². The molecule has 3 nitrogen and oxygen atoms in total. The molecule has 0 aromatic heterocycles. The van der Waals surface area contributed by atoms with Crippen LogP contribution in [0.25, 0.3) is 0 Å². The van der Waals surface area contributed by atoms with Crippen molar-refractivity contribution in [3.05, 3.63) is 35.4 Å². The van der Waals surface area contributed by atoms with E-state index >= 15 is 0 Å². The second kappa shape index (κ2) is 5.51. The number of aryl methyl sites for hydroxylation is 1. The lowest BCUT2D eigenvalue weighted by molar-refractivity contribution is 0.0942. The van der Waals surface area contributed by atoms with Crippen molar-refractivity contribution in [3.63, 3.8) is 0 Å². The average molecular weight is 207 g/mol. The van der Waals surface area contributed by atoms with Crippen LogP contribution in [0, 0.1) is 12.8 Å². The van der Waals surface area contributed by atoms with Crippen molar-refractivity contribution in [1.82, 2.24) is 5.32 Å². The number of hydrogen-bond acceptors (Lipinski definition) is 2. The van der Waals surface area contributed by atoms with Crippen molar-refractivity contribution in [1.29, 1.82) is 0 Å². The van der Waals surface area contributed by atoms with Gasteiger partial charge in [0.05, 0.1) is 0 Å². The molecule has 1 atom stereocenters. The molecule has 2 N–H and O–H groups in total. The molecule has 3 heteroatoms. The fourth-order valence-corrected chi connectivity index (χ4v) is 1.22. The third kappa shape index (κ3) is 3.72. The van der Waals surface area contributed by atoms with Crippen molar-refractivity contribution in [2.75, 3.05) is 13.2 Å². The first-order valence-corrected chi connectivity index (χ1v) is 5.09. The van der Waals surface area contributed by atoms with Crippen LogP contribution in [0.1, 0.15) is 22.8 Å². The van der Waals surface area contributed by atoms with Crippen LogP contribution in [0.4, 0.5) is 0 Å². The minimum Gasteiger partial charge on any atom is -0.396 e. The molecular formula is C12H17NO2. The number of rotatable bonds is 4. The molecule has 1 rings (SSSR count). The monoisotopic (exact) mass is 207 g/mol. The van der Waals surface area contributed by atoms with Gasteiger partial charge in [-0.2, -0.15) is 0 Å². The van der Waals surface area contributed by atoms with Crippen molar-refractivity contribution >= 4 is 5.91 Å². The highest BCUT2D eigenvalue weighted by Gasteiger charge is 2.06. The Morgan fingerprint density at radius 3 is 2.87 bits per heavy atom. The van der Waals surface area contributed by atoms with Crippen molar-refractivity contribution < 1.29 is 9.90 Å². The Kier molecular flexibility index (Phi) is 4.31. The number of hydrogen-bond donors (Lipinski definition) is 2. The molecule has 1 aromatic carbocycles. The summed E-state index contributed by atoms with van der Waals surface area (Å²) < 4.78 is 0. The van der Waals surface area contributed by atoms with Crippen LogP contribution in [0.5, 0.6) is 0 Å². The van der Waals surface area contributed by atoms with Crippen LogP contribution in [0.3, 0.4) is 0 Å². The molecule has 0 aliphatic heterocycles. The maximum absolute atomic E-state index is 11.6. The quantitative estimate of drug-likeness (QED) is 0.783. The van der Waals surface area contributed by atoms with Gasteiger partial charge in [0.15, 0.2) is 0 Å². The van der Waals surface area contributed by atoms with Gasteiger partial charge in [-0.1, -0.05) is 24.6 Å². The Balaban J connectivity index is 2.54. The van der Waals surface area contributed by atoms with Crippen LogP contribution in [0.15, 0.2) is 24.3 Å². The zero-order chi connectivity index (χ0) is 11.3. The molecule has 82 valence electrons. The summed E-state index contributed by atoms with van der Waals surface area (Å²) in [6, 6.07) is 7.44. The highest BCUT2D eigenvalue weighted by atomic mass is 16.3. The van der Waals surface area contributed by atoms with Crippen LogP contribution in [-0.4, -0.2) is 24.2 Å². The Labute approximate surface area is 90.1 Å². The van der Waals surface area contributed by atoms with E-state index in [9.17, 15) is 4.79 Å². The van der Waals surface area contributed by atoms with Gasteiger partial charge in [-0.25, -0.2) is 0 Å². The van der Waals surface area contributed by atoms with Gasteiger partial charge in [-0.15, -0.1) is 0 Å². The molecule has 1 amide bonds. The fraction of sp³-hybridized carbons (Fsp3) is 0.417. The molecule has 1 aromatic rings. The third-order valence-electron chi connectivity index (χ3n) is 2.20. The molecule has 1 unspecified atom stereocenters. The first-order chi connectivity index (χ1) is 7.13. The van der Waals surface area contributed by atoms with E-state index in [-0.39, 0.29) is 18.4 Å². The van der Waals surface area contributed by atoms with Gasteiger partial charge >= 0.3 is 0 Å². The normalized spacial score (nSPS) is 12.2. The number of nitrogens with one attached hydrogen (secondary N) is 1. The van der Waals surface area contributed by atoms with Crippen molar-refractivity contribution in [2.24, 2.45) is 5.92 Å². The predicted molar refractivity (Wildman–Crippen MR) is 59.8 cm³/mol. The fourth-order valence-electron chi connectivity index (χ4n) is 1.22. The Morgan fingerprint density at radius 1 is 1.53 bits per heavy atom. The molecule has 0 aliphatic rings. The third-order valence-corrected chi connectivity index (χ3v) is 2.20. The Hall–Kier alpha value is -1.35. The molecule has 0 saturated heterocycles. The maximum Gasteiger partial charge on any atom is 0.251 e. The zero-order valence-corrected chi connectivity index (χ0v) is 9.16. The minimum atomic E-state index is -0.0843. The molecule has 0 radical (unpaired) electrons. The van der Waals surface area contributed by atoms with Crippen LogP contribution in [0.2, 0.25) is 0 Å². The van der Waals surface area contributed by atoms with Gasteiger partial charge in [0.1, 0.15) is 0 Å². The SMILES string of the molecule is Cc1cccc(C(=O)NCC(C)CO)c1. The lowest BCUT2D eigenvalue weighted by Gasteiger charge is -2.09. The summed E-state index contributed by atoms with van der Waals surface area (Å²) in [6.45, 7) is 4.43. The van der Waals surface area contributed by atoms with E-state index in [1.807, 2.05) is 32.0 Å². The molecule has 0 saturated carbocycles. The molecule has 15 heavy (non-hydrogen) atoms. The van der Waals surface area contributed by atoms with Gasteiger partial charge in [-0.05, 0) is 25.0 Å². The van der Waals surface area contributed by atoms with Gasteiger partial charge < -0.3 is 10.4 Å². The van der Waals surface area contributed by atoms with E-state index in [1.54, 1.807) is 6.07 Å². The number of amides is 1. The second-order valence-corrected chi connectivity index (χ2v) is 3.87. The van der Waals surface area contributed by atoms with E-state index in [2.05, 4.69) is 5.32 Å². The number of benzene rings is 1. The summed E-state index contributed by atoms with van der Waals surface area (Å²) in [5.74, 6) is 0.0118. The molecule has 0 fully saturated rings. The smallest absolute Gasteiger partial charge is 0.251 e. The number of aliphatic hydroxyl groups is 1. The van der Waals surface area contributed by atoms with E-state index in [0.717, 1.165) is 5.56 Å².